The monoisotopic (exact) mass is 261 g/mol. The summed E-state index contributed by atoms with van der Waals surface area (Å²) in [4.78, 5) is 14.3. The van der Waals surface area contributed by atoms with Gasteiger partial charge in [0, 0.05) is 6.54 Å². The van der Waals surface area contributed by atoms with Gasteiger partial charge in [-0.05, 0) is 50.0 Å². The molecule has 1 aromatic carbocycles. The summed E-state index contributed by atoms with van der Waals surface area (Å²) in [6.07, 6.45) is 4.55. The summed E-state index contributed by atoms with van der Waals surface area (Å²) in [6.45, 7) is 5.89. The molecule has 0 aliphatic carbocycles. The molecule has 0 atom stereocenters. The third-order valence-corrected chi connectivity index (χ3v) is 3.50. The van der Waals surface area contributed by atoms with Crippen LogP contribution in [0.15, 0.2) is 24.3 Å². The Bertz CT molecular complexity index is 411. The predicted octanol–water partition coefficient (Wildman–Crippen LogP) is 3.24. The average molecular weight is 261 g/mol. The lowest BCUT2D eigenvalue weighted by atomic mass is 10.1. The molecule has 1 aliphatic heterocycles. The molecule has 0 saturated carbocycles. The fourth-order valence-electron chi connectivity index (χ4n) is 2.39. The Morgan fingerprint density at radius 1 is 1.32 bits per heavy atom. The minimum atomic E-state index is -0.197. The first-order chi connectivity index (χ1) is 9.29. The van der Waals surface area contributed by atoms with Crippen LogP contribution in [-0.4, -0.2) is 30.6 Å². The first-order valence-corrected chi connectivity index (χ1v) is 7.28. The Labute approximate surface area is 115 Å². The molecule has 3 nitrogen and oxygen atoms in total. The molecule has 0 amide bonds. The van der Waals surface area contributed by atoms with Gasteiger partial charge in [-0.15, -0.1) is 0 Å². The molecule has 2 rings (SSSR count). The molecule has 0 bridgehead atoms. The summed E-state index contributed by atoms with van der Waals surface area (Å²) in [5.74, 6) is -0.197. The Balaban J connectivity index is 1.91. The molecule has 0 aromatic heterocycles. The van der Waals surface area contributed by atoms with Crippen molar-refractivity contribution in [2.24, 2.45) is 0 Å². The van der Waals surface area contributed by atoms with Gasteiger partial charge >= 0.3 is 5.97 Å². The van der Waals surface area contributed by atoms with Gasteiger partial charge in [-0.3, -0.25) is 4.90 Å². The van der Waals surface area contributed by atoms with Crippen molar-refractivity contribution in [2.75, 3.05) is 19.7 Å². The first kappa shape index (κ1) is 14.1. The molecule has 0 radical (unpaired) electrons. The molecule has 104 valence electrons. The zero-order valence-electron chi connectivity index (χ0n) is 11.7. The topological polar surface area (TPSA) is 29.5 Å². The normalized spacial score (nSPS) is 15.6. The van der Waals surface area contributed by atoms with Gasteiger partial charge in [-0.2, -0.15) is 0 Å². The van der Waals surface area contributed by atoms with Crippen molar-refractivity contribution in [3.8, 4) is 0 Å². The molecule has 0 spiro atoms. The van der Waals surface area contributed by atoms with Gasteiger partial charge in [0.05, 0.1) is 12.2 Å². The van der Waals surface area contributed by atoms with Crippen molar-refractivity contribution in [3.05, 3.63) is 35.4 Å². The molecule has 1 aliphatic rings. The molecule has 3 heteroatoms. The maximum absolute atomic E-state index is 11.9. The van der Waals surface area contributed by atoms with Gasteiger partial charge in [-0.25, -0.2) is 4.79 Å². The van der Waals surface area contributed by atoms with Gasteiger partial charge in [0.1, 0.15) is 0 Å². The van der Waals surface area contributed by atoms with Crippen molar-refractivity contribution in [1.82, 2.24) is 4.90 Å². The Morgan fingerprint density at radius 2 is 2.11 bits per heavy atom. The summed E-state index contributed by atoms with van der Waals surface area (Å²) in [7, 11) is 0. The van der Waals surface area contributed by atoms with Crippen LogP contribution in [0.2, 0.25) is 0 Å². The predicted molar refractivity (Wildman–Crippen MR) is 76.1 cm³/mol. The van der Waals surface area contributed by atoms with E-state index >= 15 is 0 Å². The molecule has 0 unspecified atom stereocenters. The minimum absolute atomic E-state index is 0.197. The van der Waals surface area contributed by atoms with Crippen LogP contribution < -0.4 is 0 Å². The highest BCUT2D eigenvalue weighted by Gasteiger charge is 2.13. The van der Waals surface area contributed by atoms with Crippen molar-refractivity contribution in [1.29, 1.82) is 0 Å². The van der Waals surface area contributed by atoms with E-state index in [2.05, 4.69) is 17.9 Å². The van der Waals surface area contributed by atoms with E-state index in [1.807, 2.05) is 18.2 Å². The van der Waals surface area contributed by atoms with Gasteiger partial charge < -0.3 is 4.74 Å². The van der Waals surface area contributed by atoms with E-state index in [0.717, 1.165) is 19.4 Å². The molecule has 1 saturated heterocycles. The minimum Gasteiger partial charge on any atom is -0.462 e. The lowest BCUT2D eigenvalue weighted by Crippen LogP contribution is -2.18. The smallest absolute Gasteiger partial charge is 0.338 e. The van der Waals surface area contributed by atoms with E-state index < -0.39 is 0 Å². The quantitative estimate of drug-likeness (QED) is 0.581. The van der Waals surface area contributed by atoms with Crippen LogP contribution in [0.5, 0.6) is 0 Å². The van der Waals surface area contributed by atoms with Crippen molar-refractivity contribution >= 4 is 5.97 Å². The van der Waals surface area contributed by atoms with Crippen LogP contribution in [0, 0.1) is 0 Å². The largest absolute Gasteiger partial charge is 0.462 e. The molecule has 1 aromatic rings. The SMILES string of the molecule is CCCCOC(=O)c1cccc(CN2CCCC2)c1. The first-order valence-electron chi connectivity index (χ1n) is 7.28. The van der Waals surface area contributed by atoms with Crippen LogP contribution in [-0.2, 0) is 11.3 Å². The number of ether oxygens (including phenoxy) is 1. The van der Waals surface area contributed by atoms with E-state index in [9.17, 15) is 4.79 Å². The summed E-state index contributed by atoms with van der Waals surface area (Å²) in [5, 5.41) is 0. The van der Waals surface area contributed by atoms with Crippen molar-refractivity contribution in [3.63, 3.8) is 0 Å². The van der Waals surface area contributed by atoms with Crippen LogP contribution in [0.3, 0.4) is 0 Å². The van der Waals surface area contributed by atoms with E-state index in [0.29, 0.717) is 12.2 Å². The zero-order chi connectivity index (χ0) is 13.5. The number of hydrogen-bond acceptors (Lipinski definition) is 3. The van der Waals surface area contributed by atoms with Gasteiger partial charge in [0.2, 0.25) is 0 Å². The van der Waals surface area contributed by atoms with Crippen molar-refractivity contribution in [2.45, 2.75) is 39.2 Å². The number of esters is 1. The summed E-state index contributed by atoms with van der Waals surface area (Å²) < 4.78 is 5.24. The number of benzene rings is 1. The number of carbonyl (C=O) groups excluding carboxylic acids is 1. The molecule has 19 heavy (non-hydrogen) atoms. The highest BCUT2D eigenvalue weighted by molar-refractivity contribution is 5.89. The number of hydrogen-bond donors (Lipinski definition) is 0. The summed E-state index contributed by atoms with van der Waals surface area (Å²) >= 11 is 0. The average Bonchev–Trinajstić information content (AvgIpc) is 2.92. The Kier molecular flexibility index (Phi) is 5.40. The highest BCUT2D eigenvalue weighted by Crippen LogP contribution is 2.14. The van der Waals surface area contributed by atoms with Gasteiger partial charge in [0.15, 0.2) is 0 Å². The van der Waals surface area contributed by atoms with E-state index in [-0.39, 0.29) is 5.97 Å². The van der Waals surface area contributed by atoms with Crippen LogP contribution in [0.4, 0.5) is 0 Å². The third-order valence-electron chi connectivity index (χ3n) is 3.50. The number of nitrogens with zero attached hydrogens (tertiary/aromatic N) is 1. The lowest BCUT2D eigenvalue weighted by molar-refractivity contribution is 0.0499. The van der Waals surface area contributed by atoms with Gasteiger partial charge in [-0.1, -0.05) is 25.5 Å². The second-order valence-corrected chi connectivity index (χ2v) is 5.17. The summed E-state index contributed by atoms with van der Waals surface area (Å²) in [6, 6.07) is 7.83. The number of unbranched alkanes of at least 4 members (excludes halogenated alkanes) is 1. The molecule has 0 N–H and O–H groups in total. The lowest BCUT2D eigenvalue weighted by Gasteiger charge is -2.14. The van der Waals surface area contributed by atoms with E-state index in [4.69, 9.17) is 4.74 Å². The number of likely N-dealkylation sites (tertiary alicyclic amines) is 1. The zero-order valence-corrected chi connectivity index (χ0v) is 11.7. The fourth-order valence-corrected chi connectivity index (χ4v) is 2.39. The third kappa shape index (κ3) is 4.35. The van der Waals surface area contributed by atoms with Crippen LogP contribution in [0.25, 0.3) is 0 Å². The maximum atomic E-state index is 11.9. The molecular formula is C16H23NO2. The molecular weight excluding hydrogens is 238 g/mol. The van der Waals surface area contributed by atoms with Crippen LogP contribution >= 0.6 is 0 Å². The second-order valence-electron chi connectivity index (χ2n) is 5.17. The Hall–Kier alpha value is -1.35. The van der Waals surface area contributed by atoms with Crippen LogP contribution in [0.1, 0.15) is 48.5 Å². The molecule has 1 fully saturated rings. The second kappa shape index (κ2) is 7.29. The van der Waals surface area contributed by atoms with Crippen molar-refractivity contribution < 1.29 is 9.53 Å². The maximum Gasteiger partial charge on any atom is 0.338 e. The fraction of sp³-hybridized carbons (Fsp3) is 0.562. The Morgan fingerprint density at radius 3 is 2.84 bits per heavy atom. The van der Waals surface area contributed by atoms with E-state index in [1.165, 1.54) is 31.5 Å². The number of rotatable bonds is 6. The number of carbonyl (C=O) groups is 1. The standard InChI is InChI=1S/C16H23NO2/c1-2-3-11-19-16(18)15-8-6-7-14(12-15)13-17-9-4-5-10-17/h6-8,12H,2-5,9-11,13H2,1H3. The van der Waals surface area contributed by atoms with E-state index in [1.54, 1.807) is 0 Å². The summed E-state index contributed by atoms with van der Waals surface area (Å²) in [5.41, 5.74) is 1.87. The highest BCUT2D eigenvalue weighted by atomic mass is 16.5. The molecule has 1 heterocycles. The van der Waals surface area contributed by atoms with Gasteiger partial charge in [0.25, 0.3) is 0 Å².